The van der Waals surface area contributed by atoms with Gasteiger partial charge in [-0.1, -0.05) is 24.3 Å². The molecule has 0 aliphatic rings. The average molecular weight is 318 g/mol. The Bertz CT molecular complexity index is 807. The molecule has 0 fully saturated rings. The molecule has 0 spiro atoms. The molecule has 0 amide bonds. The molecule has 0 unspecified atom stereocenters. The summed E-state index contributed by atoms with van der Waals surface area (Å²) in [5, 5.41) is 0. The fourth-order valence-corrected chi connectivity index (χ4v) is 2.26. The first-order chi connectivity index (χ1) is 10.9. The molecular formula is C17H13F3N2O. The topological polar surface area (TPSA) is 27.1 Å². The van der Waals surface area contributed by atoms with Gasteiger partial charge in [0.25, 0.3) is 0 Å². The fourth-order valence-electron chi connectivity index (χ4n) is 2.26. The standard InChI is InChI=1S/C17H13F3N2O/c1-12-10-22(11-21-12)15-4-2-3-14(9-15)13-5-7-16(8-6-13)23-17(18,19)20/h2-11H,1H3. The molecular weight excluding hydrogens is 305 g/mol. The van der Waals surface area contributed by atoms with E-state index < -0.39 is 6.36 Å². The van der Waals surface area contributed by atoms with Gasteiger partial charge in [0.2, 0.25) is 0 Å². The molecule has 0 saturated heterocycles. The van der Waals surface area contributed by atoms with Crippen molar-refractivity contribution < 1.29 is 17.9 Å². The highest BCUT2D eigenvalue weighted by molar-refractivity contribution is 5.66. The van der Waals surface area contributed by atoms with Crippen LogP contribution in [0.3, 0.4) is 0 Å². The van der Waals surface area contributed by atoms with E-state index in [-0.39, 0.29) is 5.75 Å². The quantitative estimate of drug-likeness (QED) is 0.697. The SMILES string of the molecule is Cc1cn(-c2cccc(-c3ccc(OC(F)(F)F)cc3)c2)cn1. The highest BCUT2D eigenvalue weighted by Crippen LogP contribution is 2.27. The van der Waals surface area contributed by atoms with E-state index in [1.54, 1.807) is 18.5 Å². The maximum absolute atomic E-state index is 12.2. The summed E-state index contributed by atoms with van der Waals surface area (Å²) in [6, 6.07) is 13.5. The summed E-state index contributed by atoms with van der Waals surface area (Å²) < 4.78 is 42.3. The molecule has 0 atom stereocenters. The Morgan fingerprint density at radius 3 is 2.35 bits per heavy atom. The van der Waals surface area contributed by atoms with Gasteiger partial charge in [0, 0.05) is 11.9 Å². The molecule has 2 aromatic carbocycles. The van der Waals surface area contributed by atoms with Crippen LogP contribution in [0.25, 0.3) is 16.8 Å². The number of hydrogen-bond donors (Lipinski definition) is 0. The van der Waals surface area contributed by atoms with Crippen molar-refractivity contribution in [3.05, 3.63) is 66.7 Å². The van der Waals surface area contributed by atoms with Gasteiger partial charge in [0.05, 0.1) is 12.0 Å². The lowest BCUT2D eigenvalue weighted by Crippen LogP contribution is -2.16. The summed E-state index contributed by atoms with van der Waals surface area (Å²) in [4.78, 5) is 4.18. The Morgan fingerprint density at radius 2 is 1.74 bits per heavy atom. The third kappa shape index (κ3) is 3.71. The van der Waals surface area contributed by atoms with Crippen molar-refractivity contribution in [3.8, 4) is 22.6 Å². The summed E-state index contributed by atoms with van der Waals surface area (Å²) in [5.74, 6) is -0.234. The number of aryl methyl sites for hydroxylation is 1. The lowest BCUT2D eigenvalue weighted by Gasteiger charge is -2.10. The molecule has 23 heavy (non-hydrogen) atoms. The number of halogens is 3. The maximum Gasteiger partial charge on any atom is 0.573 e. The Kier molecular flexibility index (Phi) is 3.82. The molecule has 0 N–H and O–H groups in total. The highest BCUT2D eigenvalue weighted by atomic mass is 19.4. The molecule has 0 aliphatic carbocycles. The summed E-state index contributed by atoms with van der Waals surface area (Å²) in [6.07, 6.45) is -1.06. The first-order valence-electron chi connectivity index (χ1n) is 6.88. The van der Waals surface area contributed by atoms with E-state index in [0.717, 1.165) is 22.5 Å². The zero-order valence-corrected chi connectivity index (χ0v) is 12.2. The lowest BCUT2D eigenvalue weighted by molar-refractivity contribution is -0.274. The second kappa shape index (κ2) is 5.79. The van der Waals surface area contributed by atoms with Gasteiger partial charge < -0.3 is 9.30 Å². The van der Waals surface area contributed by atoms with Gasteiger partial charge in [0.1, 0.15) is 5.75 Å². The summed E-state index contributed by atoms with van der Waals surface area (Å²) in [7, 11) is 0. The second-order valence-corrected chi connectivity index (χ2v) is 5.04. The third-order valence-electron chi connectivity index (χ3n) is 3.28. The predicted octanol–water partition coefficient (Wildman–Crippen LogP) is 4.75. The molecule has 0 saturated carbocycles. The minimum Gasteiger partial charge on any atom is -0.406 e. The largest absolute Gasteiger partial charge is 0.573 e. The van der Waals surface area contributed by atoms with Gasteiger partial charge in [-0.15, -0.1) is 13.2 Å². The van der Waals surface area contributed by atoms with Crippen molar-refractivity contribution in [2.45, 2.75) is 13.3 Å². The summed E-state index contributed by atoms with van der Waals surface area (Å²) in [5.41, 5.74) is 3.54. The molecule has 3 aromatic rings. The van der Waals surface area contributed by atoms with Gasteiger partial charge in [-0.25, -0.2) is 4.98 Å². The van der Waals surface area contributed by atoms with E-state index in [1.807, 2.05) is 42.0 Å². The molecule has 0 radical (unpaired) electrons. The first-order valence-corrected chi connectivity index (χ1v) is 6.88. The zero-order valence-electron chi connectivity index (χ0n) is 12.2. The van der Waals surface area contributed by atoms with E-state index in [2.05, 4.69) is 9.72 Å². The first kappa shape index (κ1) is 15.1. The number of benzene rings is 2. The Balaban J connectivity index is 1.87. The second-order valence-electron chi connectivity index (χ2n) is 5.04. The van der Waals surface area contributed by atoms with Crippen LogP contribution in [0.4, 0.5) is 13.2 Å². The van der Waals surface area contributed by atoms with Crippen LogP contribution in [0.2, 0.25) is 0 Å². The number of hydrogen-bond acceptors (Lipinski definition) is 2. The van der Waals surface area contributed by atoms with Gasteiger partial charge >= 0.3 is 6.36 Å². The van der Waals surface area contributed by atoms with Gasteiger partial charge in [-0.2, -0.15) is 0 Å². The number of aromatic nitrogens is 2. The third-order valence-corrected chi connectivity index (χ3v) is 3.28. The van der Waals surface area contributed by atoms with E-state index in [4.69, 9.17) is 0 Å². The number of alkyl halides is 3. The van der Waals surface area contributed by atoms with Crippen LogP contribution in [0.1, 0.15) is 5.69 Å². The molecule has 3 rings (SSSR count). The zero-order chi connectivity index (χ0) is 16.4. The smallest absolute Gasteiger partial charge is 0.406 e. The van der Waals surface area contributed by atoms with Crippen LogP contribution < -0.4 is 4.74 Å². The average Bonchev–Trinajstić information content (AvgIpc) is 2.93. The molecule has 1 heterocycles. The Morgan fingerprint density at radius 1 is 1.00 bits per heavy atom. The molecule has 6 heteroatoms. The minimum atomic E-state index is -4.68. The molecule has 0 aliphatic heterocycles. The molecule has 118 valence electrons. The number of ether oxygens (including phenoxy) is 1. The monoisotopic (exact) mass is 318 g/mol. The van der Waals surface area contributed by atoms with E-state index in [0.29, 0.717) is 0 Å². The molecule has 0 bridgehead atoms. The van der Waals surface area contributed by atoms with E-state index in [9.17, 15) is 13.2 Å². The van der Waals surface area contributed by atoms with Crippen molar-refractivity contribution in [2.75, 3.05) is 0 Å². The van der Waals surface area contributed by atoms with Crippen LogP contribution in [0.15, 0.2) is 61.1 Å². The summed E-state index contributed by atoms with van der Waals surface area (Å²) >= 11 is 0. The Hall–Kier alpha value is -2.76. The molecule has 3 nitrogen and oxygen atoms in total. The van der Waals surface area contributed by atoms with Crippen LogP contribution in [-0.2, 0) is 0 Å². The maximum atomic E-state index is 12.2. The van der Waals surface area contributed by atoms with Crippen LogP contribution in [-0.4, -0.2) is 15.9 Å². The number of nitrogens with zero attached hydrogens (tertiary/aromatic N) is 2. The lowest BCUT2D eigenvalue weighted by atomic mass is 10.1. The Labute approximate surface area is 131 Å². The van der Waals surface area contributed by atoms with Crippen LogP contribution in [0.5, 0.6) is 5.75 Å². The predicted molar refractivity (Wildman–Crippen MR) is 80.4 cm³/mol. The van der Waals surface area contributed by atoms with Crippen LogP contribution in [0, 0.1) is 6.92 Å². The van der Waals surface area contributed by atoms with Crippen molar-refractivity contribution >= 4 is 0 Å². The van der Waals surface area contributed by atoms with Crippen molar-refractivity contribution in [3.63, 3.8) is 0 Å². The fraction of sp³-hybridized carbons (Fsp3) is 0.118. The van der Waals surface area contributed by atoms with Gasteiger partial charge in [0.15, 0.2) is 0 Å². The van der Waals surface area contributed by atoms with Gasteiger partial charge in [-0.3, -0.25) is 0 Å². The minimum absolute atomic E-state index is 0.234. The molecule has 1 aromatic heterocycles. The van der Waals surface area contributed by atoms with Crippen molar-refractivity contribution in [1.29, 1.82) is 0 Å². The van der Waals surface area contributed by atoms with Crippen LogP contribution >= 0.6 is 0 Å². The normalized spacial score (nSPS) is 11.5. The highest BCUT2D eigenvalue weighted by Gasteiger charge is 2.30. The van der Waals surface area contributed by atoms with E-state index in [1.165, 1.54) is 12.1 Å². The van der Waals surface area contributed by atoms with Crippen molar-refractivity contribution in [1.82, 2.24) is 9.55 Å². The van der Waals surface area contributed by atoms with Gasteiger partial charge in [-0.05, 0) is 42.3 Å². The summed E-state index contributed by atoms with van der Waals surface area (Å²) in [6.45, 7) is 1.90. The van der Waals surface area contributed by atoms with E-state index >= 15 is 0 Å². The van der Waals surface area contributed by atoms with Crippen molar-refractivity contribution in [2.24, 2.45) is 0 Å². The number of imidazole rings is 1. The number of rotatable bonds is 3.